The van der Waals surface area contributed by atoms with Gasteiger partial charge < -0.3 is 10.6 Å². The first-order chi connectivity index (χ1) is 12.6. The largest absolute Gasteiger partial charge is 0.354 e. The van der Waals surface area contributed by atoms with E-state index in [9.17, 15) is 4.79 Å². The maximum Gasteiger partial charge on any atom is 0.269 e. The van der Waals surface area contributed by atoms with Crippen LogP contribution in [0.5, 0.6) is 0 Å². The fourth-order valence-corrected chi connectivity index (χ4v) is 2.72. The van der Waals surface area contributed by atoms with Gasteiger partial charge >= 0.3 is 0 Å². The molecule has 1 aromatic heterocycles. The highest BCUT2D eigenvalue weighted by atomic mass is 35.5. The molecule has 2 N–H and O–H groups in total. The van der Waals surface area contributed by atoms with E-state index in [0.29, 0.717) is 17.3 Å². The van der Waals surface area contributed by atoms with E-state index in [0.717, 1.165) is 23.4 Å². The van der Waals surface area contributed by atoms with Crippen LogP contribution in [0.25, 0.3) is 0 Å². The van der Waals surface area contributed by atoms with Crippen LogP contribution < -0.4 is 10.6 Å². The first kappa shape index (κ1) is 18.0. The van der Waals surface area contributed by atoms with Gasteiger partial charge in [-0.05, 0) is 55.3 Å². The lowest BCUT2D eigenvalue weighted by Crippen LogP contribution is -2.26. The van der Waals surface area contributed by atoms with Gasteiger partial charge in [-0.15, -0.1) is 0 Å². The van der Waals surface area contributed by atoms with Crippen LogP contribution in [0.15, 0.2) is 66.9 Å². The van der Waals surface area contributed by atoms with Crippen molar-refractivity contribution in [3.63, 3.8) is 0 Å². The molecule has 132 valence electrons. The summed E-state index contributed by atoms with van der Waals surface area (Å²) in [5, 5.41) is 6.84. The Bertz CT molecular complexity index is 877. The molecule has 3 rings (SSSR count). The number of hydrogen-bond acceptors (Lipinski definition) is 3. The molecule has 3 aromatic rings. The Morgan fingerprint density at radius 3 is 2.50 bits per heavy atom. The van der Waals surface area contributed by atoms with Crippen LogP contribution >= 0.6 is 11.6 Å². The molecule has 0 aliphatic carbocycles. The normalized spacial score (nSPS) is 10.4. The standard InChI is InChI=1S/C21H20ClN3O/c1-15-5-7-18(8-6-15)25-19-9-10-20(24-14-19)21(26)23-12-11-16-3-2-4-17(22)13-16/h2-10,13-14,25H,11-12H2,1H3,(H,23,26). The van der Waals surface area contributed by atoms with Crippen molar-refractivity contribution < 1.29 is 4.79 Å². The Hall–Kier alpha value is -2.85. The zero-order valence-corrected chi connectivity index (χ0v) is 15.3. The molecule has 0 saturated carbocycles. The Labute approximate surface area is 158 Å². The molecule has 0 spiro atoms. The average Bonchev–Trinajstić information content (AvgIpc) is 2.64. The van der Waals surface area contributed by atoms with E-state index in [-0.39, 0.29) is 5.91 Å². The molecular formula is C21H20ClN3O. The zero-order valence-electron chi connectivity index (χ0n) is 14.5. The van der Waals surface area contributed by atoms with Crippen LogP contribution in [-0.4, -0.2) is 17.4 Å². The number of amides is 1. The highest BCUT2D eigenvalue weighted by molar-refractivity contribution is 6.30. The fraction of sp³-hybridized carbons (Fsp3) is 0.143. The minimum atomic E-state index is -0.186. The number of nitrogens with one attached hydrogen (secondary N) is 2. The molecule has 0 radical (unpaired) electrons. The number of anilines is 2. The summed E-state index contributed by atoms with van der Waals surface area (Å²) in [6, 6.07) is 19.3. The van der Waals surface area contributed by atoms with Gasteiger partial charge in [0.15, 0.2) is 0 Å². The zero-order chi connectivity index (χ0) is 18.4. The molecule has 0 fully saturated rings. The molecule has 4 nitrogen and oxygen atoms in total. The van der Waals surface area contributed by atoms with Crippen LogP contribution in [-0.2, 0) is 6.42 Å². The second-order valence-electron chi connectivity index (χ2n) is 6.06. The third kappa shape index (κ3) is 5.07. The lowest BCUT2D eigenvalue weighted by Gasteiger charge is -2.08. The predicted molar refractivity (Wildman–Crippen MR) is 106 cm³/mol. The minimum Gasteiger partial charge on any atom is -0.354 e. The van der Waals surface area contributed by atoms with E-state index >= 15 is 0 Å². The van der Waals surface area contributed by atoms with E-state index in [4.69, 9.17) is 11.6 Å². The van der Waals surface area contributed by atoms with E-state index in [2.05, 4.69) is 15.6 Å². The van der Waals surface area contributed by atoms with Crippen molar-refractivity contribution in [2.45, 2.75) is 13.3 Å². The molecule has 0 atom stereocenters. The quantitative estimate of drug-likeness (QED) is 0.662. The van der Waals surface area contributed by atoms with Crippen molar-refractivity contribution in [1.82, 2.24) is 10.3 Å². The summed E-state index contributed by atoms with van der Waals surface area (Å²) >= 11 is 5.96. The van der Waals surface area contributed by atoms with Crippen molar-refractivity contribution >= 4 is 28.9 Å². The topological polar surface area (TPSA) is 54.0 Å². The number of rotatable bonds is 6. The smallest absolute Gasteiger partial charge is 0.269 e. The lowest BCUT2D eigenvalue weighted by atomic mass is 10.1. The number of pyridine rings is 1. The third-order valence-electron chi connectivity index (χ3n) is 3.92. The van der Waals surface area contributed by atoms with Gasteiger partial charge in [0.2, 0.25) is 0 Å². The second-order valence-corrected chi connectivity index (χ2v) is 6.50. The lowest BCUT2D eigenvalue weighted by molar-refractivity contribution is 0.0949. The first-order valence-corrected chi connectivity index (χ1v) is 8.80. The number of aryl methyl sites for hydroxylation is 1. The highest BCUT2D eigenvalue weighted by Crippen LogP contribution is 2.16. The van der Waals surface area contributed by atoms with Gasteiger partial charge in [0, 0.05) is 17.3 Å². The number of hydrogen-bond donors (Lipinski definition) is 2. The van der Waals surface area contributed by atoms with Crippen molar-refractivity contribution in [2.24, 2.45) is 0 Å². The van der Waals surface area contributed by atoms with Crippen LogP contribution in [0.4, 0.5) is 11.4 Å². The van der Waals surface area contributed by atoms with Gasteiger partial charge in [0.05, 0.1) is 11.9 Å². The van der Waals surface area contributed by atoms with Crippen LogP contribution in [0.2, 0.25) is 5.02 Å². The summed E-state index contributed by atoms with van der Waals surface area (Å²) in [7, 11) is 0. The molecule has 0 aliphatic heterocycles. The van der Waals surface area contributed by atoms with Crippen molar-refractivity contribution in [3.05, 3.63) is 88.7 Å². The molecular weight excluding hydrogens is 346 g/mol. The summed E-state index contributed by atoms with van der Waals surface area (Å²) in [5.74, 6) is -0.186. The molecule has 0 saturated heterocycles. The molecule has 26 heavy (non-hydrogen) atoms. The summed E-state index contributed by atoms with van der Waals surface area (Å²) in [4.78, 5) is 16.4. The van der Waals surface area contributed by atoms with Gasteiger partial charge in [0.1, 0.15) is 5.69 Å². The maximum atomic E-state index is 12.2. The summed E-state index contributed by atoms with van der Waals surface area (Å²) in [5.41, 5.74) is 4.51. The minimum absolute atomic E-state index is 0.186. The second kappa shape index (κ2) is 8.50. The van der Waals surface area contributed by atoms with Gasteiger partial charge in [-0.25, -0.2) is 4.98 Å². The Balaban J connectivity index is 1.52. The number of benzene rings is 2. The number of carbonyl (C=O) groups excluding carboxylic acids is 1. The summed E-state index contributed by atoms with van der Waals surface area (Å²) < 4.78 is 0. The van der Waals surface area contributed by atoms with Crippen molar-refractivity contribution in [3.8, 4) is 0 Å². The third-order valence-corrected chi connectivity index (χ3v) is 4.16. The molecule has 0 bridgehead atoms. The number of aromatic nitrogens is 1. The Kier molecular flexibility index (Phi) is 5.87. The predicted octanol–water partition coefficient (Wildman–Crippen LogP) is 4.76. The first-order valence-electron chi connectivity index (χ1n) is 8.42. The molecule has 1 heterocycles. The Morgan fingerprint density at radius 2 is 1.81 bits per heavy atom. The fourth-order valence-electron chi connectivity index (χ4n) is 2.51. The molecule has 5 heteroatoms. The summed E-state index contributed by atoms with van der Waals surface area (Å²) in [6.45, 7) is 2.58. The average molecular weight is 366 g/mol. The molecule has 0 unspecified atom stereocenters. The number of halogens is 1. The van der Waals surface area contributed by atoms with Crippen LogP contribution in [0.3, 0.4) is 0 Å². The van der Waals surface area contributed by atoms with E-state index < -0.39 is 0 Å². The number of carbonyl (C=O) groups is 1. The highest BCUT2D eigenvalue weighted by Gasteiger charge is 2.07. The monoisotopic (exact) mass is 365 g/mol. The van der Waals surface area contributed by atoms with Crippen LogP contribution in [0, 0.1) is 6.92 Å². The van der Waals surface area contributed by atoms with Gasteiger partial charge in [0.25, 0.3) is 5.91 Å². The van der Waals surface area contributed by atoms with Gasteiger partial charge in [-0.3, -0.25) is 4.79 Å². The Morgan fingerprint density at radius 1 is 1.04 bits per heavy atom. The van der Waals surface area contributed by atoms with E-state index in [1.54, 1.807) is 12.3 Å². The SMILES string of the molecule is Cc1ccc(Nc2ccc(C(=O)NCCc3cccc(Cl)c3)nc2)cc1. The van der Waals surface area contributed by atoms with E-state index in [1.165, 1.54) is 5.56 Å². The summed E-state index contributed by atoms with van der Waals surface area (Å²) in [6.07, 6.45) is 2.38. The van der Waals surface area contributed by atoms with Gasteiger partial charge in [-0.1, -0.05) is 41.4 Å². The van der Waals surface area contributed by atoms with E-state index in [1.807, 2.05) is 61.5 Å². The molecule has 1 amide bonds. The number of nitrogens with zero attached hydrogens (tertiary/aromatic N) is 1. The molecule has 2 aromatic carbocycles. The molecule has 0 aliphatic rings. The van der Waals surface area contributed by atoms with Crippen LogP contribution in [0.1, 0.15) is 21.6 Å². The van der Waals surface area contributed by atoms with Crippen molar-refractivity contribution in [2.75, 3.05) is 11.9 Å². The van der Waals surface area contributed by atoms with Gasteiger partial charge in [-0.2, -0.15) is 0 Å². The maximum absolute atomic E-state index is 12.2. The van der Waals surface area contributed by atoms with Crippen molar-refractivity contribution in [1.29, 1.82) is 0 Å².